The topological polar surface area (TPSA) is 75.7 Å². The fourth-order valence-corrected chi connectivity index (χ4v) is 4.20. The van der Waals surface area contributed by atoms with Crippen molar-refractivity contribution in [2.45, 2.75) is 12.8 Å². The van der Waals surface area contributed by atoms with E-state index in [1.807, 2.05) is 42.5 Å². The lowest BCUT2D eigenvalue weighted by Crippen LogP contribution is -2.32. The Bertz CT molecular complexity index is 1130. The predicted octanol–water partition coefficient (Wildman–Crippen LogP) is 3.72. The molecule has 0 saturated heterocycles. The average Bonchev–Trinajstić information content (AvgIpc) is 2.74. The van der Waals surface area contributed by atoms with Crippen molar-refractivity contribution in [2.24, 2.45) is 0 Å². The molecule has 1 amide bonds. The Morgan fingerprint density at radius 3 is 2.48 bits per heavy atom. The monoisotopic (exact) mass is 444 g/mol. The minimum atomic E-state index is -3.54. The largest absolute Gasteiger partial charge is 0.491 e. The predicted molar refractivity (Wildman–Crippen MR) is 120 cm³/mol. The van der Waals surface area contributed by atoms with Gasteiger partial charge in [-0.3, -0.25) is 9.10 Å². The molecule has 0 saturated carbocycles. The zero-order chi connectivity index (χ0) is 22.3. The molecule has 8 heteroatoms. The second-order valence-electron chi connectivity index (χ2n) is 7.09. The van der Waals surface area contributed by atoms with Gasteiger partial charge in [-0.25, -0.2) is 12.8 Å². The highest BCUT2D eigenvalue weighted by Crippen LogP contribution is 2.25. The molecule has 0 heterocycles. The van der Waals surface area contributed by atoms with Crippen molar-refractivity contribution in [2.75, 3.05) is 30.3 Å². The van der Waals surface area contributed by atoms with E-state index in [-0.39, 0.29) is 18.9 Å². The molecule has 164 valence electrons. The fourth-order valence-electron chi connectivity index (χ4n) is 3.24. The van der Waals surface area contributed by atoms with Gasteiger partial charge in [0, 0.05) is 18.4 Å². The van der Waals surface area contributed by atoms with Gasteiger partial charge in [-0.2, -0.15) is 0 Å². The van der Waals surface area contributed by atoms with Gasteiger partial charge in [0.15, 0.2) is 0 Å². The summed E-state index contributed by atoms with van der Waals surface area (Å²) in [4.78, 5) is 12.1. The number of hydrogen-bond donors (Lipinski definition) is 1. The van der Waals surface area contributed by atoms with Crippen LogP contribution in [0.3, 0.4) is 0 Å². The highest BCUT2D eigenvalue weighted by Gasteiger charge is 2.17. The Balaban J connectivity index is 1.43. The van der Waals surface area contributed by atoms with Crippen LogP contribution in [0.4, 0.5) is 10.1 Å². The summed E-state index contributed by atoms with van der Waals surface area (Å²) >= 11 is 0. The lowest BCUT2D eigenvalue weighted by molar-refractivity contribution is -0.121. The minimum Gasteiger partial charge on any atom is -0.491 e. The molecule has 0 aliphatic rings. The molecule has 0 unspecified atom stereocenters. The van der Waals surface area contributed by atoms with E-state index < -0.39 is 15.8 Å². The Hall–Kier alpha value is -3.13. The van der Waals surface area contributed by atoms with Gasteiger partial charge in [-0.05, 0) is 42.1 Å². The van der Waals surface area contributed by atoms with E-state index in [2.05, 4.69) is 5.32 Å². The highest BCUT2D eigenvalue weighted by atomic mass is 32.2. The fraction of sp³-hybridized carbons (Fsp3) is 0.261. The van der Waals surface area contributed by atoms with Gasteiger partial charge in [-0.15, -0.1) is 0 Å². The van der Waals surface area contributed by atoms with Crippen LogP contribution >= 0.6 is 0 Å². The van der Waals surface area contributed by atoms with Gasteiger partial charge in [0.1, 0.15) is 18.2 Å². The van der Waals surface area contributed by atoms with E-state index in [0.29, 0.717) is 25.3 Å². The van der Waals surface area contributed by atoms with Gasteiger partial charge < -0.3 is 10.1 Å². The van der Waals surface area contributed by atoms with Gasteiger partial charge in [0.05, 0.1) is 18.5 Å². The third kappa shape index (κ3) is 6.42. The molecule has 0 fully saturated rings. The van der Waals surface area contributed by atoms with Crippen molar-refractivity contribution in [3.8, 4) is 5.75 Å². The molecule has 6 nitrogen and oxygen atoms in total. The van der Waals surface area contributed by atoms with Crippen molar-refractivity contribution >= 4 is 32.4 Å². The van der Waals surface area contributed by atoms with Crippen LogP contribution in [-0.4, -0.2) is 40.3 Å². The molecule has 0 radical (unpaired) electrons. The molecule has 0 aliphatic heterocycles. The zero-order valence-electron chi connectivity index (χ0n) is 17.3. The van der Waals surface area contributed by atoms with Crippen LogP contribution in [0.15, 0.2) is 66.7 Å². The number of carbonyl (C=O) groups is 1. The van der Waals surface area contributed by atoms with E-state index in [1.54, 1.807) is 0 Å². The maximum atomic E-state index is 13.1. The normalized spacial score (nSPS) is 11.3. The van der Waals surface area contributed by atoms with Gasteiger partial charge in [-0.1, -0.05) is 36.4 Å². The standard InChI is InChI=1S/C23H25FN2O4S/c1-31(28,29)26(20-13-11-19(24)12-14-20)16-5-10-23(27)25-15-17-30-22-9-4-7-18-6-2-3-8-21(18)22/h2-4,6-9,11-14H,5,10,15-17H2,1H3,(H,25,27). The third-order valence-electron chi connectivity index (χ3n) is 4.71. The summed E-state index contributed by atoms with van der Waals surface area (Å²) in [6.45, 7) is 0.797. The molecule has 3 rings (SSSR count). The summed E-state index contributed by atoms with van der Waals surface area (Å²) < 4.78 is 44.2. The van der Waals surface area contributed by atoms with E-state index in [1.165, 1.54) is 28.6 Å². The third-order valence-corrected chi connectivity index (χ3v) is 5.91. The first-order valence-electron chi connectivity index (χ1n) is 9.95. The van der Waals surface area contributed by atoms with E-state index in [4.69, 9.17) is 4.74 Å². The Morgan fingerprint density at radius 1 is 1.03 bits per heavy atom. The molecule has 3 aromatic rings. The number of anilines is 1. The lowest BCUT2D eigenvalue weighted by Gasteiger charge is -2.22. The van der Waals surface area contributed by atoms with Crippen LogP contribution in [0.1, 0.15) is 12.8 Å². The molecule has 0 atom stereocenters. The summed E-state index contributed by atoms with van der Waals surface area (Å²) in [7, 11) is -3.54. The van der Waals surface area contributed by atoms with Gasteiger partial charge >= 0.3 is 0 Å². The smallest absolute Gasteiger partial charge is 0.232 e. The summed E-state index contributed by atoms with van der Waals surface area (Å²) in [6.07, 6.45) is 1.59. The van der Waals surface area contributed by atoms with E-state index in [0.717, 1.165) is 22.8 Å². The quantitative estimate of drug-likeness (QED) is 0.484. The first-order valence-corrected chi connectivity index (χ1v) is 11.8. The maximum absolute atomic E-state index is 13.1. The SMILES string of the molecule is CS(=O)(=O)N(CCCC(=O)NCCOc1cccc2ccccc12)c1ccc(F)cc1. The number of carbonyl (C=O) groups excluding carboxylic acids is 1. The lowest BCUT2D eigenvalue weighted by atomic mass is 10.1. The number of benzene rings is 3. The van der Waals surface area contributed by atoms with Crippen molar-refractivity contribution in [3.63, 3.8) is 0 Å². The molecule has 0 spiro atoms. The summed E-state index contributed by atoms with van der Waals surface area (Å²) in [5.74, 6) is 0.131. The van der Waals surface area contributed by atoms with Crippen molar-refractivity contribution in [1.82, 2.24) is 5.32 Å². The van der Waals surface area contributed by atoms with Gasteiger partial charge in [0.25, 0.3) is 0 Å². The van der Waals surface area contributed by atoms with Crippen LogP contribution in [0.2, 0.25) is 0 Å². The molecule has 3 aromatic carbocycles. The zero-order valence-corrected chi connectivity index (χ0v) is 18.1. The second-order valence-corrected chi connectivity index (χ2v) is 9.00. The first-order chi connectivity index (χ1) is 14.8. The number of nitrogens with zero attached hydrogens (tertiary/aromatic N) is 1. The minimum absolute atomic E-state index is 0.129. The number of fused-ring (bicyclic) bond motifs is 1. The van der Waals surface area contributed by atoms with Crippen LogP contribution in [0, 0.1) is 5.82 Å². The van der Waals surface area contributed by atoms with Crippen molar-refractivity contribution < 1.29 is 22.3 Å². The molecule has 1 N–H and O–H groups in total. The Morgan fingerprint density at radius 2 is 1.74 bits per heavy atom. The Labute approximate surface area is 181 Å². The van der Waals surface area contributed by atoms with Crippen LogP contribution in [0.25, 0.3) is 10.8 Å². The first kappa shape index (κ1) is 22.6. The molecule has 0 aliphatic carbocycles. The number of rotatable bonds is 10. The number of halogens is 1. The van der Waals surface area contributed by atoms with Crippen LogP contribution in [-0.2, 0) is 14.8 Å². The van der Waals surface area contributed by atoms with Crippen LogP contribution in [0.5, 0.6) is 5.75 Å². The van der Waals surface area contributed by atoms with E-state index in [9.17, 15) is 17.6 Å². The number of ether oxygens (including phenoxy) is 1. The molecule has 0 bridgehead atoms. The number of hydrogen-bond acceptors (Lipinski definition) is 4. The van der Waals surface area contributed by atoms with Crippen LogP contribution < -0.4 is 14.4 Å². The molecule has 31 heavy (non-hydrogen) atoms. The maximum Gasteiger partial charge on any atom is 0.232 e. The number of sulfonamides is 1. The molecular weight excluding hydrogens is 419 g/mol. The number of amides is 1. The summed E-state index contributed by atoms with van der Waals surface area (Å²) in [6, 6.07) is 18.9. The molecule has 0 aromatic heterocycles. The summed E-state index contributed by atoms with van der Waals surface area (Å²) in [5, 5.41) is 4.88. The highest BCUT2D eigenvalue weighted by molar-refractivity contribution is 7.92. The number of nitrogens with one attached hydrogen (secondary N) is 1. The Kier molecular flexibility index (Phi) is 7.46. The average molecular weight is 445 g/mol. The summed E-state index contributed by atoms with van der Waals surface area (Å²) in [5.41, 5.74) is 0.368. The van der Waals surface area contributed by atoms with Crippen molar-refractivity contribution in [1.29, 1.82) is 0 Å². The molecular formula is C23H25FN2O4S. The second kappa shape index (κ2) is 10.3. The van der Waals surface area contributed by atoms with Crippen molar-refractivity contribution in [3.05, 3.63) is 72.5 Å². The van der Waals surface area contributed by atoms with E-state index >= 15 is 0 Å². The van der Waals surface area contributed by atoms with Gasteiger partial charge in [0.2, 0.25) is 15.9 Å².